The van der Waals surface area contributed by atoms with E-state index in [0.29, 0.717) is 6.61 Å². The second-order valence-corrected chi connectivity index (χ2v) is 4.31. The van der Waals surface area contributed by atoms with Crippen LogP contribution in [0, 0.1) is 0 Å². The highest BCUT2D eigenvalue weighted by Gasteiger charge is 2.22. The second kappa shape index (κ2) is 5.23. The molecule has 1 fully saturated rings. The molecule has 2 heterocycles. The Hall–Kier alpha value is -1.19. The second-order valence-electron chi connectivity index (χ2n) is 4.31. The SMILES string of the molecule is CCOC(=O)N1C=C(N2CCCC2)CCC1. The first-order chi connectivity index (χ1) is 7.81. The zero-order chi connectivity index (χ0) is 11.4. The molecule has 2 rings (SSSR count). The van der Waals surface area contributed by atoms with E-state index >= 15 is 0 Å². The third-order valence-corrected chi connectivity index (χ3v) is 3.15. The first-order valence-electron chi connectivity index (χ1n) is 6.20. The molecule has 0 atom stereocenters. The lowest BCUT2D eigenvalue weighted by atomic mass is 10.1. The molecule has 0 bridgehead atoms. The third kappa shape index (κ3) is 2.49. The molecule has 0 aromatic carbocycles. The molecule has 0 aromatic rings. The van der Waals surface area contributed by atoms with E-state index in [1.165, 1.54) is 18.5 Å². The van der Waals surface area contributed by atoms with Crippen LogP contribution < -0.4 is 0 Å². The zero-order valence-corrected chi connectivity index (χ0v) is 9.95. The summed E-state index contributed by atoms with van der Waals surface area (Å²) in [5.41, 5.74) is 1.30. The number of rotatable bonds is 2. The Bertz CT molecular complexity index is 283. The molecule has 0 N–H and O–H groups in total. The van der Waals surface area contributed by atoms with E-state index in [9.17, 15) is 4.79 Å². The Balaban J connectivity index is 1.99. The summed E-state index contributed by atoms with van der Waals surface area (Å²) < 4.78 is 5.02. The van der Waals surface area contributed by atoms with Gasteiger partial charge in [-0.1, -0.05) is 0 Å². The van der Waals surface area contributed by atoms with Gasteiger partial charge in [0.25, 0.3) is 0 Å². The lowest BCUT2D eigenvalue weighted by molar-refractivity contribution is 0.118. The smallest absolute Gasteiger partial charge is 0.413 e. The van der Waals surface area contributed by atoms with Crippen molar-refractivity contribution in [3.8, 4) is 0 Å². The maximum absolute atomic E-state index is 11.6. The van der Waals surface area contributed by atoms with Gasteiger partial charge >= 0.3 is 6.09 Å². The Morgan fingerprint density at radius 3 is 2.75 bits per heavy atom. The van der Waals surface area contributed by atoms with Crippen molar-refractivity contribution in [1.29, 1.82) is 0 Å². The Morgan fingerprint density at radius 2 is 2.06 bits per heavy atom. The fourth-order valence-electron chi connectivity index (χ4n) is 2.33. The van der Waals surface area contributed by atoms with E-state index in [-0.39, 0.29) is 6.09 Å². The first-order valence-corrected chi connectivity index (χ1v) is 6.20. The van der Waals surface area contributed by atoms with Gasteiger partial charge in [-0.05, 0) is 32.6 Å². The summed E-state index contributed by atoms with van der Waals surface area (Å²) in [5, 5.41) is 0. The van der Waals surface area contributed by atoms with E-state index in [1.807, 2.05) is 13.1 Å². The van der Waals surface area contributed by atoms with Gasteiger partial charge in [0.05, 0.1) is 6.61 Å². The molecule has 0 unspecified atom stereocenters. The van der Waals surface area contributed by atoms with Gasteiger partial charge in [0.1, 0.15) is 0 Å². The quantitative estimate of drug-likeness (QED) is 0.720. The summed E-state index contributed by atoms with van der Waals surface area (Å²) in [5.74, 6) is 0. The highest BCUT2D eigenvalue weighted by Crippen LogP contribution is 2.23. The molecule has 1 amide bonds. The minimum atomic E-state index is -0.209. The van der Waals surface area contributed by atoms with Crippen LogP contribution in [0.1, 0.15) is 32.6 Å². The van der Waals surface area contributed by atoms with Crippen molar-refractivity contribution in [1.82, 2.24) is 9.80 Å². The van der Waals surface area contributed by atoms with Crippen LogP contribution in [-0.4, -0.2) is 42.1 Å². The molecule has 4 nitrogen and oxygen atoms in total. The minimum absolute atomic E-state index is 0.209. The van der Waals surface area contributed by atoms with Crippen LogP contribution in [0.4, 0.5) is 4.79 Å². The lowest BCUT2D eigenvalue weighted by Gasteiger charge is -2.29. The van der Waals surface area contributed by atoms with Crippen molar-refractivity contribution >= 4 is 6.09 Å². The molecule has 0 spiro atoms. The number of carbonyl (C=O) groups excluding carboxylic acids is 1. The van der Waals surface area contributed by atoms with Gasteiger partial charge < -0.3 is 9.64 Å². The van der Waals surface area contributed by atoms with Crippen LogP contribution in [-0.2, 0) is 4.74 Å². The first kappa shape index (κ1) is 11.3. The van der Waals surface area contributed by atoms with E-state index in [2.05, 4.69) is 4.90 Å². The Morgan fingerprint density at radius 1 is 1.31 bits per heavy atom. The summed E-state index contributed by atoms with van der Waals surface area (Å²) in [4.78, 5) is 15.7. The molecule has 2 aliphatic rings. The summed E-state index contributed by atoms with van der Waals surface area (Å²) in [7, 11) is 0. The minimum Gasteiger partial charge on any atom is -0.449 e. The summed E-state index contributed by atoms with van der Waals surface area (Å²) >= 11 is 0. The predicted molar refractivity (Wildman–Crippen MR) is 61.9 cm³/mol. The number of allylic oxidation sites excluding steroid dienone is 1. The maximum atomic E-state index is 11.6. The fraction of sp³-hybridized carbons (Fsp3) is 0.750. The van der Waals surface area contributed by atoms with Crippen LogP contribution in [0.15, 0.2) is 11.9 Å². The van der Waals surface area contributed by atoms with Crippen molar-refractivity contribution in [2.24, 2.45) is 0 Å². The Labute approximate surface area is 96.8 Å². The van der Waals surface area contributed by atoms with Crippen molar-refractivity contribution in [2.45, 2.75) is 32.6 Å². The van der Waals surface area contributed by atoms with Crippen molar-refractivity contribution in [3.05, 3.63) is 11.9 Å². The van der Waals surface area contributed by atoms with Crippen LogP contribution >= 0.6 is 0 Å². The van der Waals surface area contributed by atoms with Gasteiger partial charge in [0.15, 0.2) is 0 Å². The average Bonchev–Trinajstić information content (AvgIpc) is 2.83. The van der Waals surface area contributed by atoms with E-state index in [0.717, 1.165) is 32.5 Å². The number of hydrogen-bond donors (Lipinski definition) is 0. The molecule has 0 aliphatic carbocycles. The largest absolute Gasteiger partial charge is 0.449 e. The normalized spacial score (nSPS) is 20.9. The molecule has 0 radical (unpaired) electrons. The van der Waals surface area contributed by atoms with Crippen LogP contribution in [0.25, 0.3) is 0 Å². The van der Waals surface area contributed by atoms with Crippen molar-refractivity contribution in [3.63, 3.8) is 0 Å². The number of hydrogen-bond acceptors (Lipinski definition) is 3. The maximum Gasteiger partial charge on any atom is 0.413 e. The topological polar surface area (TPSA) is 32.8 Å². The highest BCUT2D eigenvalue weighted by molar-refractivity contribution is 5.69. The molecular weight excluding hydrogens is 204 g/mol. The predicted octanol–water partition coefficient (Wildman–Crippen LogP) is 2.18. The molecule has 90 valence electrons. The van der Waals surface area contributed by atoms with Crippen LogP contribution in [0.2, 0.25) is 0 Å². The van der Waals surface area contributed by atoms with Gasteiger partial charge in [-0.2, -0.15) is 0 Å². The molecule has 0 aromatic heterocycles. The van der Waals surface area contributed by atoms with E-state index in [4.69, 9.17) is 4.74 Å². The molecule has 4 heteroatoms. The molecule has 2 aliphatic heterocycles. The summed E-state index contributed by atoms with van der Waals surface area (Å²) in [6, 6.07) is 0. The van der Waals surface area contributed by atoms with Crippen LogP contribution in [0.3, 0.4) is 0 Å². The summed E-state index contributed by atoms with van der Waals surface area (Å²) in [6.07, 6.45) is 6.45. The zero-order valence-electron chi connectivity index (χ0n) is 9.95. The third-order valence-electron chi connectivity index (χ3n) is 3.15. The summed E-state index contributed by atoms with van der Waals surface area (Å²) in [6.45, 7) is 5.36. The molecule has 1 saturated heterocycles. The van der Waals surface area contributed by atoms with E-state index in [1.54, 1.807) is 4.90 Å². The number of ether oxygens (including phenoxy) is 1. The highest BCUT2D eigenvalue weighted by atomic mass is 16.6. The van der Waals surface area contributed by atoms with Gasteiger partial charge in [-0.15, -0.1) is 0 Å². The van der Waals surface area contributed by atoms with Gasteiger partial charge in [-0.25, -0.2) is 4.79 Å². The number of nitrogens with zero attached hydrogens (tertiary/aromatic N) is 2. The molecular formula is C12H20N2O2. The van der Waals surface area contributed by atoms with Gasteiger partial charge in [0.2, 0.25) is 0 Å². The van der Waals surface area contributed by atoms with Gasteiger partial charge in [0, 0.05) is 31.5 Å². The monoisotopic (exact) mass is 224 g/mol. The lowest BCUT2D eigenvalue weighted by Crippen LogP contribution is -2.33. The van der Waals surface area contributed by atoms with Crippen molar-refractivity contribution in [2.75, 3.05) is 26.2 Å². The van der Waals surface area contributed by atoms with Crippen LogP contribution in [0.5, 0.6) is 0 Å². The van der Waals surface area contributed by atoms with Gasteiger partial charge in [-0.3, -0.25) is 4.90 Å². The van der Waals surface area contributed by atoms with Crippen molar-refractivity contribution < 1.29 is 9.53 Å². The number of likely N-dealkylation sites (tertiary alicyclic amines) is 1. The molecule has 16 heavy (non-hydrogen) atoms. The molecule has 0 saturated carbocycles. The fourth-order valence-corrected chi connectivity index (χ4v) is 2.33. The average molecular weight is 224 g/mol. The number of amides is 1. The van der Waals surface area contributed by atoms with E-state index < -0.39 is 0 Å². The standard InChI is InChI=1S/C12H20N2O2/c1-2-16-12(15)14-9-5-6-11(10-14)13-7-3-4-8-13/h10H,2-9H2,1H3. The number of carbonyl (C=O) groups is 1. The Kier molecular flexibility index (Phi) is 3.70.